The van der Waals surface area contributed by atoms with Gasteiger partial charge in [0.25, 0.3) is 5.91 Å². The SMILES string of the molecule is CCCc1nc(N2CCN(C(=O)c3ccccc3C)CC2)c2c(C)nn(-c3ccccc3)c2n1. The van der Waals surface area contributed by atoms with Crippen molar-refractivity contribution in [3.8, 4) is 5.69 Å². The Balaban J connectivity index is 1.47. The van der Waals surface area contributed by atoms with Crippen LogP contribution in [0.5, 0.6) is 0 Å². The van der Waals surface area contributed by atoms with Gasteiger partial charge < -0.3 is 9.80 Å². The lowest BCUT2D eigenvalue weighted by Gasteiger charge is -2.36. The summed E-state index contributed by atoms with van der Waals surface area (Å²) in [4.78, 5) is 27.2. The summed E-state index contributed by atoms with van der Waals surface area (Å²) in [6.07, 6.45) is 1.79. The Morgan fingerprint density at radius 1 is 0.912 bits per heavy atom. The van der Waals surface area contributed by atoms with Gasteiger partial charge in [0.2, 0.25) is 0 Å². The van der Waals surface area contributed by atoms with Crippen molar-refractivity contribution in [3.05, 3.63) is 77.2 Å². The Morgan fingerprint density at radius 2 is 1.62 bits per heavy atom. The van der Waals surface area contributed by atoms with Gasteiger partial charge in [-0.05, 0) is 44.0 Å². The third-order valence-electron chi connectivity index (χ3n) is 6.45. The number of amides is 1. The molecule has 0 radical (unpaired) electrons. The molecule has 7 heteroatoms. The fourth-order valence-electron chi connectivity index (χ4n) is 4.62. The number of para-hydroxylation sites is 1. The van der Waals surface area contributed by atoms with Crippen LogP contribution in [0, 0.1) is 13.8 Å². The van der Waals surface area contributed by atoms with Gasteiger partial charge in [-0.25, -0.2) is 14.6 Å². The van der Waals surface area contributed by atoms with E-state index in [1.165, 1.54) is 0 Å². The number of carbonyl (C=O) groups is 1. The van der Waals surface area contributed by atoms with Gasteiger partial charge in [0, 0.05) is 38.2 Å². The Morgan fingerprint density at radius 3 is 2.32 bits per heavy atom. The summed E-state index contributed by atoms with van der Waals surface area (Å²) in [5, 5.41) is 5.82. The van der Waals surface area contributed by atoms with Crippen LogP contribution in [0.25, 0.3) is 16.7 Å². The standard InChI is InChI=1S/C27H30N6O/c1-4-10-23-28-25(24-20(3)30-33(26(24)29-23)21-12-6-5-7-13-21)31-15-17-32(18-16-31)27(34)22-14-9-8-11-19(22)2/h5-9,11-14H,4,10,15-18H2,1-3H3. The lowest BCUT2D eigenvalue weighted by Crippen LogP contribution is -2.49. The van der Waals surface area contributed by atoms with Gasteiger partial charge in [0.1, 0.15) is 11.6 Å². The highest BCUT2D eigenvalue weighted by Crippen LogP contribution is 2.30. The van der Waals surface area contributed by atoms with Crippen molar-refractivity contribution in [2.24, 2.45) is 0 Å². The quantitative estimate of drug-likeness (QED) is 0.449. The molecule has 5 rings (SSSR count). The predicted molar refractivity (Wildman–Crippen MR) is 135 cm³/mol. The van der Waals surface area contributed by atoms with Crippen molar-refractivity contribution in [3.63, 3.8) is 0 Å². The molecule has 0 bridgehead atoms. The number of hydrogen-bond donors (Lipinski definition) is 0. The number of piperazine rings is 1. The molecule has 4 aromatic rings. The topological polar surface area (TPSA) is 67.2 Å². The number of carbonyl (C=O) groups excluding carboxylic acids is 1. The van der Waals surface area contributed by atoms with E-state index in [1.54, 1.807) is 0 Å². The summed E-state index contributed by atoms with van der Waals surface area (Å²) in [7, 11) is 0. The van der Waals surface area contributed by atoms with E-state index < -0.39 is 0 Å². The molecule has 7 nitrogen and oxygen atoms in total. The molecule has 0 saturated carbocycles. The van der Waals surface area contributed by atoms with Crippen molar-refractivity contribution in [1.29, 1.82) is 0 Å². The van der Waals surface area contributed by atoms with Gasteiger partial charge >= 0.3 is 0 Å². The fourth-order valence-corrected chi connectivity index (χ4v) is 4.62. The molecule has 174 valence electrons. The second kappa shape index (κ2) is 9.25. The first kappa shape index (κ1) is 22.1. The number of fused-ring (bicyclic) bond motifs is 1. The molecule has 2 aromatic heterocycles. The molecule has 2 aromatic carbocycles. The second-order valence-corrected chi connectivity index (χ2v) is 8.84. The number of aromatic nitrogens is 4. The van der Waals surface area contributed by atoms with Crippen molar-refractivity contribution in [1.82, 2.24) is 24.6 Å². The third-order valence-corrected chi connectivity index (χ3v) is 6.45. The molecule has 1 aliphatic rings. The average Bonchev–Trinajstić information content (AvgIpc) is 3.20. The van der Waals surface area contributed by atoms with Crippen LogP contribution in [0.3, 0.4) is 0 Å². The van der Waals surface area contributed by atoms with Crippen LogP contribution >= 0.6 is 0 Å². The van der Waals surface area contributed by atoms with E-state index in [4.69, 9.17) is 15.1 Å². The predicted octanol–water partition coefficient (Wildman–Crippen LogP) is 4.35. The van der Waals surface area contributed by atoms with E-state index >= 15 is 0 Å². The Labute approximate surface area is 200 Å². The number of nitrogens with zero attached hydrogens (tertiary/aromatic N) is 6. The highest BCUT2D eigenvalue weighted by atomic mass is 16.2. The molecule has 0 unspecified atom stereocenters. The molecule has 1 aliphatic heterocycles. The zero-order chi connectivity index (χ0) is 23.7. The van der Waals surface area contributed by atoms with Crippen molar-refractivity contribution in [2.75, 3.05) is 31.1 Å². The molecule has 1 amide bonds. The molecule has 34 heavy (non-hydrogen) atoms. The van der Waals surface area contributed by atoms with E-state index in [9.17, 15) is 4.79 Å². The summed E-state index contributed by atoms with van der Waals surface area (Å²) in [5.74, 6) is 1.86. The smallest absolute Gasteiger partial charge is 0.254 e. The Bertz CT molecular complexity index is 1320. The largest absolute Gasteiger partial charge is 0.352 e. The van der Waals surface area contributed by atoms with Gasteiger partial charge in [-0.15, -0.1) is 0 Å². The van der Waals surface area contributed by atoms with Crippen LogP contribution in [-0.4, -0.2) is 56.7 Å². The zero-order valence-corrected chi connectivity index (χ0v) is 20.0. The summed E-state index contributed by atoms with van der Waals surface area (Å²) in [6.45, 7) is 8.93. The first-order valence-corrected chi connectivity index (χ1v) is 12.0. The average molecular weight is 455 g/mol. The number of aryl methyl sites for hydroxylation is 3. The van der Waals surface area contributed by atoms with Gasteiger partial charge in [-0.3, -0.25) is 4.79 Å². The van der Waals surface area contributed by atoms with Gasteiger partial charge in [0.15, 0.2) is 5.65 Å². The highest BCUT2D eigenvalue weighted by Gasteiger charge is 2.27. The van der Waals surface area contributed by atoms with E-state index in [1.807, 2.05) is 78.0 Å². The maximum absolute atomic E-state index is 13.1. The molecule has 1 fully saturated rings. The minimum Gasteiger partial charge on any atom is -0.352 e. The van der Waals surface area contributed by atoms with Crippen LogP contribution < -0.4 is 4.90 Å². The Kier molecular flexibility index (Phi) is 6.01. The van der Waals surface area contributed by atoms with Gasteiger partial charge in [-0.2, -0.15) is 5.10 Å². The summed E-state index contributed by atoms with van der Waals surface area (Å²) in [6, 6.07) is 17.9. The van der Waals surface area contributed by atoms with Crippen molar-refractivity contribution in [2.45, 2.75) is 33.6 Å². The number of benzene rings is 2. The first-order chi connectivity index (χ1) is 16.6. The third kappa shape index (κ3) is 4.02. The normalized spacial score (nSPS) is 14.1. The maximum atomic E-state index is 13.1. The number of rotatable bonds is 5. The molecule has 0 spiro atoms. The van der Waals surface area contributed by atoms with Crippen LogP contribution in [-0.2, 0) is 6.42 Å². The molecule has 1 saturated heterocycles. The van der Waals surface area contributed by atoms with E-state index in [0.29, 0.717) is 13.1 Å². The monoisotopic (exact) mass is 454 g/mol. The zero-order valence-electron chi connectivity index (χ0n) is 20.0. The van der Waals surface area contributed by atoms with Gasteiger partial charge in [-0.1, -0.05) is 43.3 Å². The molecule has 0 N–H and O–H groups in total. The van der Waals surface area contributed by atoms with Gasteiger partial charge in [0.05, 0.1) is 16.8 Å². The summed E-state index contributed by atoms with van der Waals surface area (Å²) in [5.41, 5.74) is 4.54. The van der Waals surface area contributed by atoms with Crippen LogP contribution in [0.2, 0.25) is 0 Å². The highest BCUT2D eigenvalue weighted by molar-refractivity contribution is 5.96. The summed E-state index contributed by atoms with van der Waals surface area (Å²) >= 11 is 0. The number of anilines is 1. The van der Waals surface area contributed by atoms with Crippen LogP contribution in [0.15, 0.2) is 54.6 Å². The molecular formula is C27H30N6O. The molecule has 3 heterocycles. The lowest BCUT2D eigenvalue weighted by atomic mass is 10.1. The Hall–Kier alpha value is -3.74. The van der Waals surface area contributed by atoms with E-state index in [0.717, 1.165) is 71.1 Å². The van der Waals surface area contributed by atoms with Crippen molar-refractivity contribution >= 4 is 22.8 Å². The number of hydrogen-bond acceptors (Lipinski definition) is 5. The lowest BCUT2D eigenvalue weighted by molar-refractivity contribution is 0.0746. The van der Waals surface area contributed by atoms with Crippen LogP contribution in [0.4, 0.5) is 5.82 Å². The maximum Gasteiger partial charge on any atom is 0.254 e. The van der Waals surface area contributed by atoms with Crippen molar-refractivity contribution < 1.29 is 4.79 Å². The second-order valence-electron chi connectivity index (χ2n) is 8.84. The fraction of sp³-hybridized carbons (Fsp3) is 0.333. The molecule has 0 aliphatic carbocycles. The first-order valence-electron chi connectivity index (χ1n) is 12.0. The van der Waals surface area contributed by atoms with E-state index in [-0.39, 0.29) is 5.91 Å². The molecular weight excluding hydrogens is 424 g/mol. The summed E-state index contributed by atoms with van der Waals surface area (Å²) < 4.78 is 1.92. The van der Waals surface area contributed by atoms with Crippen LogP contribution in [0.1, 0.15) is 40.8 Å². The minimum absolute atomic E-state index is 0.102. The van der Waals surface area contributed by atoms with E-state index in [2.05, 4.69) is 11.8 Å². The molecule has 0 atom stereocenters. The minimum atomic E-state index is 0.102.